The Morgan fingerprint density at radius 1 is 1.00 bits per heavy atom. The molecule has 0 fully saturated rings. The Balaban J connectivity index is 1.93. The van der Waals surface area contributed by atoms with E-state index in [1.165, 1.54) is 17.9 Å². The SMILES string of the molecule is CCN(CC)c1ccc(NC(=O)CN(CCc2ccccc2F)C(C)=O)cc1. The van der Waals surface area contributed by atoms with Gasteiger partial charge in [0.15, 0.2) is 0 Å². The molecule has 0 aliphatic rings. The summed E-state index contributed by atoms with van der Waals surface area (Å²) in [5.74, 6) is -0.800. The van der Waals surface area contributed by atoms with Gasteiger partial charge in [0.1, 0.15) is 5.82 Å². The summed E-state index contributed by atoms with van der Waals surface area (Å²) in [6.45, 7) is 7.64. The van der Waals surface area contributed by atoms with Gasteiger partial charge in [-0.05, 0) is 56.2 Å². The normalized spacial score (nSPS) is 10.4. The van der Waals surface area contributed by atoms with Crippen molar-refractivity contribution >= 4 is 23.2 Å². The minimum absolute atomic E-state index is 0.0679. The molecule has 0 saturated heterocycles. The summed E-state index contributed by atoms with van der Waals surface area (Å²) in [5.41, 5.74) is 2.30. The molecule has 1 N–H and O–H groups in total. The molecule has 150 valence electrons. The maximum Gasteiger partial charge on any atom is 0.243 e. The van der Waals surface area contributed by atoms with Crippen molar-refractivity contribution in [3.8, 4) is 0 Å². The number of benzene rings is 2. The monoisotopic (exact) mass is 385 g/mol. The van der Waals surface area contributed by atoms with Gasteiger partial charge in [-0.1, -0.05) is 18.2 Å². The van der Waals surface area contributed by atoms with Gasteiger partial charge in [0.05, 0.1) is 6.54 Å². The molecule has 0 radical (unpaired) electrons. The average molecular weight is 385 g/mol. The van der Waals surface area contributed by atoms with Crippen LogP contribution in [0, 0.1) is 5.82 Å². The fourth-order valence-electron chi connectivity index (χ4n) is 3.02. The highest BCUT2D eigenvalue weighted by atomic mass is 19.1. The first-order valence-corrected chi connectivity index (χ1v) is 9.58. The van der Waals surface area contributed by atoms with Crippen molar-refractivity contribution < 1.29 is 14.0 Å². The van der Waals surface area contributed by atoms with Crippen LogP contribution < -0.4 is 10.2 Å². The summed E-state index contributed by atoms with van der Waals surface area (Å²) < 4.78 is 13.7. The minimum atomic E-state index is -0.302. The third-order valence-corrected chi connectivity index (χ3v) is 4.67. The number of carbonyl (C=O) groups excluding carboxylic acids is 2. The third kappa shape index (κ3) is 6.08. The summed E-state index contributed by atoms with van der Waals surface area (Å²) in [6.07, 6.45) is 0.359. The first-order valence-electron chi connectivity index (χ1n) is 9.58. The van der Waals surface area contributed by atoms with Gasteiger partial charge < -0.3 is 15.1 Å². The van der Waals surface area contributed by atoms with Gasteiger partial charge in [-0.15, -0.1) is 0 Å². The van der Waals surface area contributed by atoms with E-state index >= 15 is 0 Å². The Labute approximate surface area is 166 Å². The Bertz CT molecular complexity index is 789. The number of rotatable bonds is 9. The van der Waals surface area contributed by atoms with Crippen LogP contribution in [0.3, 0.4) is 0 Å². The molecule has 0 unspecified atom stereocenters. The predicted molar refractivity (Wildman–Crippen MR) is 111 cm³/mol. The van der Waals surface area contributed by atoms with Crippen LogP contribution in [-0.4, -0.2) is 42.9 Å². The van der Waals surface area contributed by atoms with Crippen LogP contribution in [-0.2, 0) is 16.0 Å². The second-order valence-electron chi connectivity index (χ2n) is 6.55. The number of anilines is 2. The standard InChI is InChI=1S/C22H28FN3O2/c1-4-25(5-2)20-12-10-19(11-13-20)24-22(28)16-26(17(3)27)15-14-18-8-6-7-9-21(18)23/h6-13H,4-5,14-16H2,1-3H3,(H,24,28). The van der Waals surface area contributed by atoms with E-state index < -0.39 is 0 Å². The van der Waals surface area contributed by atoms with E-state index in [-0.39, 0.29) is 30.7 Å². The van der Waals surface area contributed by atoms with Gasteiger partial charge in [0, 0.05) is 37.9 Å². The lowest BCUT2D eigenvalue weighted by atomic mass is 10.1. The van der Waals surface area contributed by atoms with Crippen LogP contribution in [0.5, 0.6) is 0 Å². The summed E-state index contributed by atoms with van der Waals surface area (Å²) in [4.78, 5) is 27.9. The third-order valence-electron chi connectivity index (χ3n) is 4.67. The van der Waals surface area contributed by atoms with E-state index in [0.717, 1.165) is 18.8 Å². The topological polar surface area (TPSA) is 52.7 Å². The van der Waals surface area contributed by atoms with E-state index in [0.29, 0.717) is 17.7 Å². The molecule has 0 aromatic heterocycles. The number of nitrogens with one attached hydrogen (secondary N) is 1. The van der Waals surface area contributed by atoms with Crippen molar-refractivity contribution in [2.45, 2.75) is 27.2 Å². The maximum atomic E-state index is 13.7. The van der Waals surface area contributed by atoms with Crippen LogP contribution in [0.1, 0.15) is 26.3 Å². The lowest BCUT2D eigenvalue weighted by Gasteiger charge is -2.22. The lowest BCUT2D eigenvalue weighted by molar-refractivity contribution is -0.132. The zero-order valence-electron chi connectivity index (χ0n) is 16.7. The zero-order valence-corrected chi connectivity index (χ0v) is 16.7. The maximum absolute atomic E-state index is 13.7. The lowest BCUT2D eigenvalue weighted by Crippen LogP contribution is -2.38. The van der Waals surface area contributed by atoms with Crippen molar-refractivity contribution in [2.75, 3.05) is 36.4 Å². The second-order valence-corrected chi connectivity index (χ2v) is 6.55. The largest absolute Gasteiger partial charge is 0.372 e. The predicted octanol–water partition coefficient (Wildman–Crippen LogP) is 3.70. The van der Waals surface area contributed by atoms with Gasteiger partial charge in [-0.2, -0.15) is 0 Å². The molecular formula is C22H28FN3O2. The number of halogens is 1. The Hall–Kier alpha value is -2.89. The number of hydrogen-bond acceptors (Lipinski definition) is 3. The van der Waals surface area contributed by atoms with Crippen molar-refractivity contribution in [3.63, 3.8) is 0 Å². The number of nitrogens with zero attached hydrogens (tertiary/aromatic N) is 2. The van der Waals surface area contributed by atoms with Gasteiger partial charge in [-0.25, -0.2) is 4.39 Å². The van der Waals surface area contributed by atoms with Crippen molar-refractivity contribution in [3.05, 3.63) is 59.9 Å². The number of carbonyl (C=O) groups is 2. The molecule has 0 heterocycles. The molecule has 6 heteroatoms. The van der Waals surface area contributed by atoms with Crippen molar-refractivity contribution in [2.24, 2.45) is 0 Å². The van der Waals surface area contributed by atoms with Crippen molar-refractivity contribution in [1.82, 2.24) is 4.90 Å². The minimum Gasteiger partial charge on any atom is -0.372 e. The highest BCUT2D eigenvalue weighted by molar-refractivity contribution is 5.94. The first-order chi connectivity index (χ1) is 13.4. The Kier molecular flexibility index (Phi) is 7.99. The van der Waals surface area contributed by atoms with Gasteiger partial charge in [0.25, 0.3) is 0 Å². The molecule has 2 amide bonds. The van der Waals surface area contributed by atoms with E-state index in [1.54, 1.807) is 18.2 Å². The fourth-order valence-corrected chi connectivity index (χ4v) is 3.02. The molecule has 0 atom stereocenters. The molecule has 0 aliphatic carbocycles. The van der Waals surface area contributed by atoms with E-state index in [1.807, 2.05) is 24.3 Å². The summed E-state index contributed by atoms with van der Waals surface area (Å²) >= 11 is 0. The van der Waals surface area contributed by atoms with E-state index in [4.69, 9.17) is 0 Å². The molecule has 0 spiro atoms. The molecule has 2 aromatic rings. The van der Waals surface area contributed by atoms with Crippen LogP contribution >= 0.6 is 0 Å². The summed E-state index contributed by atoms with van der Waals surface area (Å²) in [7, 11) is 0. The molecule has 2 rings (SSSR count). The Morgan fingerprint density at radius 2 is 1.64 bits per heavy atom. The highest BCUT2D eigenvalue weighted by Gasteiger charge is 2.15. The van der Waals surface area contributed by atoms with Crippen LogP contribution in [0.15, 0.2) is 48.5 Å². The van der Waals surface area contributed by atoms with Crippen LogP contribution in [0.2, 0.25) is 0 Å². The molecule has 5 nitrogen and oxygen atoms in total. The molecule has 28 heavy (non-hydrogen) atoms. The first kappa shape index (κ1) is 21.4. The quantitative estimate of drug-likeness (QED) is 0.716. The highest BCUT2D eigenvalue weighted by Crippen LogP contribution is 2.17. The van der Waals surface area contributed by atoms with Crippen molar-refractivity contribution in [1.29, 1.82) is 0 Å². The average Bonchev–Trinajstić information content (AvgIpc) is 2.68. The van der Waals surface area contributed by atoms with E-state index in [2.05, 4.69) is 24.1 Å². The second kappa shape index (κ2) is 10.4. The number of amides is 2. The molecule has 0 saturated carbocycles. The van der Waals surface area contributed by atoms with Crippen LogP contribution in [0.4, 0.5) is 15.8 Å². The number of hydrogen-bond donors (Lipinski definition) is 1. The molecule has 2 aromatic carbocycles. The Morgan fingerprint density at radius 3 is 2.21 bits per heavy atom. The fraction of sp³-hybridized carbons (Fsp3) is 0.364. The van der Waals surface area contributed by atoms with Crippen LogP contribution in [0.25, 0.3) is 0 Å². The smallest absolute Gasteiger partial charge is 0.243 e. The van der Waals surface area contributed by atoms with E-state index in [9.17, 15) is 14.0 Å². The van der Waals surface area contributed by atoms with Gasteiger partial charge >= 0.3 is 0 Å². The van der Waals surface area contributed by atoms with Gasteiger partial charge in [0.2, 0.25) is 11.8 Å². The summed E-state index contributed by atoms with van der Waals surface area (Å²) in [5, 5.41) is 2.81. The van der Waals surface area contributed by atoms with Gasteiger partial charge in [-0.3, -0.25) is 9.59 Å². The molecular weight excluding hydrogens is 357 g/mol. The summed E-state index contributed by atoms with van der Waals surface area (Å²) in [6, 6.07) is 14.1. The molecule has 0 bridgehead atoms. The zero-order chi connectivity index (χ0) is 20.5. The molecule has 0 aliphatic heterocycles.